The molecule has 0 aromatic heterocycles. The van der Waals surface area contributed by atoms with E-state index in [0.29, 0.717) is 13.1 Å². The van der Waals surface area contributed by atoms with Crippen molar-refractivity contribution in [1.29, 1.82) is 0 Å². The lowest BCUT2D eigenvalue weighted by Crippen LogP contribution is -2.41. The molecular formula is C14H21FN2O2S. The van der Waals surface area contributed by atoms with E-state index < -0.39 is 15.8 Å². The summed E-state index contributed by atoms with van der Waals surface area (Å²) in [6.07, 6.45) is 1.60. The SMILES string of the molecule is Cc1c(F)cc(N)cc1S(=O)(=O)N1CCC(C)(C)CC1. The monoisotopic (exact) mass is 300 g/mol. The molecule has 20 heavy (non-hydrogen) atoms. The molecule has 0 saturated carbocycles. The number of benzene rings is 1. The maximum absolute atomic E-state index is 13.7. The van der Waals surface area contributed by atoms with E-state index in [2.05, 4.69) is 13.8 Å². The molecule has 2 N–H and O–H groups in total. The number of sulfonamides is 1. The number of nitrogen functional groups attached to an aromatic ring is 1. The number of rotatable bonds is 2. The van der Waals surface area contributed by atoms with Gasteiger partial charge in [0.1, 0.15) is 5.82 Å². The van der Waals surface area contributed by atoms with Gasteiger partial charge in [-0.15, -0.1) is 0 Å². The summed E-state index contributed by atoms with van der Waals surface area (Å²) in [6, 6.07) is 2.49. The Hall–Kier alpha value is -1.14. The molecule has 0 unspecified atom stereocenters. The Kier molecular flexibility index (Phi) is 3.81. The van der Waals surface area contributed by atoms with Crippen molar-refractivity contribution in [2.75, 3.05) is 18.8 Å². The number of nitrogens with two attached hydrogens (primary N) is 1. The molecule has 0 bridgehead atoms. The van der Waals surface area contributed by atoms with E-state index in [-0.39, 0.29) is 21.6 Å². The molecule has 0 amide bonds. The lowest BCUT2D eigenvalue weighted by Gasteiger charge is -2.36. The molecule has 0 aliphatic carbocycles. The summed E-state index contributed by atoms with van der Waals surface area (Å²) in [6.45, 7) is 6.65. The van der Waals surface area contributed by atoms with Crippen molar-refractivity contribution in [1.82, 2.24) is 4.31 Å². The summed E-state index contributed by atoms with van der Waals surface area (Å²) < 4.78 is 40.4. The predicted octanol–water partition coefficient (Wildman–Crippen LogP) is 2.53. The molecule has 1 aliphatic heterocycles. The van der Waals surface area contributed by atoms with E-state index in [4.69, 9.17) is 5.73 Å². The third kappa shape index (κ3) is 2.81. The van der Waals surface area contributed by atoms with Gasteiger partial charge in [0, 0.05) is 24.3 Å². The summed E-state index contributed by atoms with van der Waals surface area (Å²) in [7, 11) is -3.67. The third-order valence-electron chi connectivity index (χ3n) is 4.01. The van der Waals surface area contributed by atoms with E-state index in [1.165, 1.54) is 17.3 Å². The first-order chi connectivity index (χ1) is 9.13. The van der Waals surface area contributed by atoms with Gasteiger partial charge in [-0.1, -0.05) is 13.8 Å². The van der Waals surface area contributed by atoms with Gasteiger partial charge < -0.3 is 5.73 Å². The van der Waals surface area contributed by atoms with Crippen molar-refractivity contribution >= 4 is 15.7 Å². The van der Waals surface area contributed by atoms with Gasteiger partial charge in [0.05, 0.1) is 4.90 Å². The van der Waals surface area contributed by atoms with Crippen molar-refractivity contribution in [2.24, 2.45) is 5.41 Å². The summed E-state index contributed by atoms with van der Waals surface area (Å²) in [5, 5.41) is 0. The van der Waals surface area contributed by atoms with Crippen LogP contribution in [0.1, 0.15) is 32.3 Å². The summed E-state index contributed by atoms with van der Waals surface area (Å²) >= 11 is 0. The Balaban J connectivity index is 2.37. The molecule has 0 spiro atoms. The molecule has 1 heterocycles. The van der Waals surface area contributed by atoms with Gasteiger partial charge in [0.25, 0.3) is 0 Å². The van der Waals surface area contributed by atoms with Crippen LogP contribution < -0.4 is 5.73 Å². The zero-order valence-corrected chi connectivity index (χ0v) is 12.9. The number of hydrogen-bond donors (Lipinski definition) is 1. The highest BCUT2D eigenvalue weighted by Gasteiger charge is 2.34. The molecule has 1 fully saturated rings. The highest BCUT2D eigenvalue weighted by Crippen LogP contribution is 2.33. The van der Waals surface area contributed by atoms with E-state index in [1.54, 1.807) is 0 Å². The minimum atomic E-state index is -3.67. The fourth-order valence-electron chi connectivity index (χ4n) is 2.41. The van der Waals surface area contributed by atoms with Crippen molar-refractivity contribution in [3.63, 3.8) is 0 Å². The maximum Gasteiger partial charge on any atom is 0.243 e. The van der Waals surface area contributed by atoms with Gasteiger partial charge in [0.15, 0.2) is 0 Å². The Labute approximate surface area is 119 Å². The number of piperidine rings is 1. The van der Waals surface area contributed by atoms with Crippen molar-refractivity contribution < 1.29 is 12.8 Å². The summed E-state index contributed by atoms with van der Waals surface area (Å²) in [5.74, 6) is -0.582. The van der Waals surface area contributed by atoms with Crippen LogP contribution in [0.3, 0.4) is 0 Å². The second-order valence-corrected chi connectivity index (χ2v) is 8.10. The standard InChI is InChI=1S/C14H21FN2O2S/c1-10-12(15)8-11(16)9-13(10)20(18,19)17-6-4-14(2,3)5-7-17/h8-9H,4-7,16H2,1-3H3. The zero-order chi connectivity index (χ0) is 15.1. The van der Waals surface area contributed by atoms with Crippen LogP contribution in [-0.2, 0) is 10.0 Å². The fraction of sp³-hybridized carbons (Fsp3) is 0.571. The Bertz CT molecular complexity index is 616. The van der Waals surface area contributed by atoms with Gasteiger partial charge in [-0.2, -0.15) is 4.31 Å². The lowest BCUT2D eigenvalue weighted by molar-refractivity contribution is 0.196. The Morgan fingerprint density at radius 3 is 2.35 bits per heavy atom. The van der Waals surface area contributed by atoms with Crippen LogP contribution in [-0.4, -0.2) is 25.8 Å². The molecule has 4 nitrogen and oxygen atoms in total. The third-order valence-corrected chi connectivity index (χ3v) is 6.04. The fourth-order valence-corrected chi connectivity index (χ4v) is 4.12. The largest absolute Gasteiger partial charge is 0.399 e. The Morgan fingerprint density at radius 2 is 1.80 bits per heavy atom. The molecule has 0 atom stereocenters. The van der Waals surface area contributed by atoms with Gasteiger partial charge in [0.2, 0.25) is 10.0 Å². The van der Waals surface area contributed by atoms with Crippen molar-refractivity contribution in [3.05, 3.63) is 23.5 Å². The second-order valence-electron chi connectivity index (χ2n) is 6.19. The van der Waals surface area contributed by atoms with Crippen LogP contribution in [0.15, 0.2) is 17.0 Å². The lowest BCUT2D eigenvalue weighted by atomic mass is 9.83. The van der Waals surface area contributed by atoms with Crippen LogP contribution in [0.2, 0.25) is 0 Å². The molecule has 112 valence electrons. The van der Waals surface area contributed by atoms with Crippen LogP contribution in [0.5, 0.6) is 0 Å². The van der Waals surface area contributed by atoms with Gasteiger partial charge in [-0.05, 0) is 37.3 Å². The Morgan fingerprint density at radius 1 is 1.25 bits per heavy atom. The minimum absolute atomic E-state index is 0.0188. The molecule has 1 aromatic carbocycles. The van der Waals surface area contributed by atoms with Gasteiger partial charge >= 0.3 is 0 Å². The van der Waals surface area contributed by atoms with E-state index >= 15 is 0 Å². The van der Waals surface area contributed by atoms with E-state index in [0.717, 1.165) is 18.9 Å². The molecule has 1 aliphatic rings. The second kappa shape index (κ2) is 5.00. The first-order valence-corrected chi connectivity index (χ1v) is 8.13. The summed E-state index contributed by atoms with van der Waals surface area (Å²) in [5.41, 5.74) is 5.99. The van der Waals surface area contributed by atoms with Crippen LogP contribution in [0, 0.1) is 18.2 Å². The first-order valence-electron chi connectivity index (χ1n) is 6.69. The molecule has 1 saturated heterocycles. The average Bonchev–Trinajstić information content (AvgIpc) is 2.33. The number of hydrogen-bond acceptors (Lipinski definition) is 3. The summed E-state index contributed by atoms with van der Waals surface area (Å²) in [4.78, 5) is -0.0188. The van der Waals surface area contributed by atoms with Crippen molar-refractivity contribution in [2.45, 2.75) is 38.5 Å². The highest BCUT2D eigenvalue weighted by atomic mass is 32.2. The quantitative estimate of drug-likeness (QED) is 0.854. The van der Waals surface area contributed by atoms with E-state index in [1.807, 2.05) is 0 Å². The zero-order valence-electron chi connectivity index (χ0n) is 12.1. The highest BCUT2D eigenvalue weighted by molar-refractivity contribution is 7.89. The number of nitrogens with zero attached hydrogens (tertiary/aromatic N) is 1. The molecule has 0 radical (unpaired) electrons. The molecule has 1 aromatic rings. The van der Waals surface area contributed by atoms with Crippen molar-refractivity contribution in [3.8, 4) is 0 Å². The molecule has 2 rings (SSSR count). The number of anilines is 1. The predicted molar refractivity (Wildman–Crippen MR) is 77.3 cm³/mol. The smallest absolute Gasteiger partial charge is 0.243 e. The molecular weight excluding hydrogens is 279 g/mol. The van der Waals surface area contributed by atoms with Crippen LogP contribution in [0.25, 0.3) is 0 Å². The van der Waals surface area contributed by atoms with Gasteiger partial charge in [-0.25, -0.2) is 12.8 Å². The minimum Gasteiger partial charge on any atom is -0.399 e. The van der Waals surface area contributed by atoms with Crippen LogP contribution in [0.4, 0.5) is 10.1 Å². The first kappa shape index (κ1) is 15.3. The maximum atomic E-state index is 13.7. The number of halogens is 1. The van der Waals surface area contributed by atoms with Crippen LogP contribution >= 0.6 is 0 Å². The average molecular weight is 300 g/mol. The molecule has 6 heteroatoms. The van der Waals surface area contributed by atoms with E-state index in [9.17, 15) is 12.8 Å². The topological polar surface area (TPSA) is 63.4 Å². The van der Waals surface area contributed by atoms with Gasteiger partial charge in [-0.3, -0.25) is 0 Å². The normalized spacial score (nSPS) is 20.0.